The molecule has 3 amide bonds. The van der Waals surface area contributed by atoms with Gasteiger partial charge < -0.3 is 15.0 Å². The molecule has 0 radical (unpaired) electrons. The number of nitrogens with one attached hydrogen (secondary N) is 1. The number of amides is 3. The quantitative estimate of drug-likeness (QED) is 0.527. The Kier molecular flexibility index (Phi) is 6.67. The summed E-state index contributed by atoms with van der Waals surface area (Å²) in [7, 11) is 1.58. The summed E-state index contributed by atoms with van der Waals surface area (Å²) in [5.41, 5.74) is 0.311. The number of nitrogens with zero attached hydrogens (tertiary/aromatic N) is 2. The van der Waals surface area contributed by atoms with Crippen LogP contribution in [-0.2, 0) is 14.4 Å². The summed E-state index contributed by atoms with van der Waals surface area (Å²) in [6.07, 6.45) is 1.70. The third-order valence-corrected chi connectivity index (χ3v) is 5.64. The van der Waals surface area contributed by atoms with Gasteiger partial charge in [0.15, 0.2) is 0 Å². The molecule has 7 nitrogen and oxygen atoms in total. The van der Waals surface area contributed by atoms with Crippen LogP contribution in [0.2, 0.25) is 0 Å². The Bertz CT molecular complexity index is 1030. The van der Waals surface area contributed by atoms with Gasteiger partial charge in [0.25, 0.3) is 0 Å². The zero-order valence-electron chi connectivity index (χ0n) is 18.9. The molecule has 1 atom stereocenters. The summed E-state index contributed by atoms with van der Waals surface area (Å²) in [5.74, 6) is -0.428. The highest BCUT2D eigenvalue weighted by Crippen LogP contribution is 2.37. The first kappa shape index (κ1) is 23.1. The van der Waals surface area contributed by atoms with Crippen molar-refractivity contribution in [1.29, 1.82) is 0 Å². The van der Waals surface area contributed by atoms with Crippen LogP contribution in [0.3, 0.4) is 0 Å². The average Bonchev–Trinajstić information content (AvgIpc) is 2.84. The largest absolute Gasteiger partial charge is 0.497 e. The van der Waals surface area contributed by atoms with Crippen molar-refractivity contribution >= 4 is 34.8 Å². The Labute approximate surface area is 188 Å². The molecule has 0 bridgehead atoms. The number of para-hydroxylation sites is 2. The second-order valence-electron chi connectivity index (χ2n) is 8.24. The number of rotatable bonds is 7. The molecule has 1 heterocycles. The van der Waals surface area contributed by atoms with Gasteiger partial charge in [0.1, 0.15) is 17.7 Å². The molecule has 1 N–H and O–H groups in total. The van der Waals surface area contributed by atoms with Crippen molar-refractivity contribution in [2.24, 2.45) is 5.41 Å². The van der Waals surface area contributed by atoms with Gasteiger partial charge in [-0.25, -0.2) is 0 Å². The molecule has 0 fully saturated rings. The first-order chi connectivity index (χ1) is 15.2. The molecule has 1 aliphatic rings. The average molecular weight is 436 g/mol. The van der Waals surface area contributed by atoms with Gasteiger partial charge in [0.2, 0.25) is 17.7 Å². The van der Waals surface area contributed by atoms with E-state index in [2.05, 4.69) is 11.9 Å². The van der Waals surface area contributed by atoms with Gasteiger partial charge in [-0.15, -0.1) is 6.58 Å². The minimum atomic E-state index is -1.37. The van der Waals surface area contributed by atoms with Crippen molar-refractivity contribution < 1.29 is 19.1 Å². The maximum atomic E-state index is 13.6. The number of anilines is 3. The molecule has 2 aromatic rings. The molecule has 32 heavy (non-hydrogen) atoms. The fourth-order valence-corrected chi connectivity index (χ4v) is 3.89. The van der Waals surface area contributed by atoms with Crippen molar-refractivity contribution in [2.75, 3.05) is 28.8 Å². The summed E-state index contributed by atoms with van der Waals surface area (Å²) >= 11 is 0. The molecular formula is C25H29N3O4. The van der Waals surface area contributed by atoms with Crippen LogP contribution in [0.4, 0.5) is 17.1 Å². The van der Waals surface area contributed by atoms with E-state index in [1.807, 2.05) is 26.0 Å². The van der Waals surface area contributed by atoms with E-state index in [0.29, 0.717) is 22.8 Å². The lowest BCUT2D eigenvalue weighted by atomic mass is 9.84. The number of carbonyl (C=O) groups excluding carboxylic acids is 3. The van der Waals surface area contributed by atoms with Gasteiger partial charge in [-0.05, 0) is 63.6 Å². The summed E-state index contributed by atoms with van der Waals surface area (Å²) in [6, 6.07) is 14.0. The summed E-state index contributed by atoms with van der Waals surface area (Å²) in [4.78, 5) is 43.1. The Morgan fingerprint density at radius 3 is 2.44 bits per heavy atom. The van der Waals surface area contributed by atoms with Crippen LogP contribution >= 0.6 is 0 Å². The van der Waals surface area contributed by atoms with Crippen molar-refractivity contribution in [3.63, 3.8) is 0 Å². The number of allylic oxidation sites excluding steroid dienone is 1. The molecule has 1 unspecified atom stereocenters. The second-order valence-corrected chi connectivity index (χ2v) is 8.24. The third kappa shape index (κ3) is 4.23. The number of benzene rings is 2. The topological polar surface area (TPSA) is 79.0 Å². The third-order valence-electron chi connectivity index (χ3n) is 5.64. The molecule has 0 saturated heterocycles. The van der Waals surface area contributed by atoms with E-state index >= 15 is 0 Å². The number of fused-ring (bicyclic) bond motifs is 1. The number of ether oxygens (including phenoxy) is 1. The summed E-state index contributed by atoms with van der Waals surface area (Å²) in [6.45, 7) is 8.90. The van der Waals surface area contributed by atoms with E-state index in [4.69, 9.17) is 4.74 Å². The van der Waals surface area contributed by atoms with Crippen molar-refractivity contribution in [3.8, 4) is 5.75 Å². The molecular weight excluding hydrogens is 406 g/mol. The first-order valence-electron chi connectivity index (χ1n) is 10.5. The van der Waals surface area contributed by atoms with Gasteiger partial charge >= 0.3 is 0 Å². The van der Waals surface area contributed by atoms with Crippen molar-refractivity contribution in [1.82, 2.24) is 0 Å². The Morgan fingerprint density at radius 2 is 1.84 bits per heavy atom. The van der Waals surface area contributed by atoms with Crippen LogP contribution in [0.15, 0.2) is 61.2 Å². The Hall–Kier alpha value is -3.61. The Morgan fingerprint density at radius 1 is 1.19 bits per heavy atom. The van der Waals surface area contributed by atoms with Crippen LogP contribution in [0.25, 0.3) is 0 Å². The molecule has 0 aromatic heterocycles. The smallest absolute Gasteiger partial charge is 0.247 e. The highest BCUT2D eigenvalue weighted by Gasteiger charge is 2.46. The molecule has 168 valence electrons. The highest BCUT2D eigenvalue weighted by molar-refractivity contribution is 6.21. The molecule has 0 spiro atoms. The van der Waals surface area contributed by atoms with Crippen LogP contribution in [0.1, 0.15) is 27.2 Å². The van der Waals surface area contributed by atoms with E-state index in [1.54, 1.807) is 61.4 Å². The van der Waals surface area contributed by atoms with Crippen LogP contribution in [0.5, 0.6) is 5.75 Å². The number of methoxy groups -OCH3 is 1. The van der Waals surface area contributed by atoms with Gasteiger partial charge in [-0.1, -0.05) is 18.2 Å². The first-order valence-corrected chi connectivity index (χ1v) is 10.5. The van der Waals surface area contributed by atoms with E-state index in [0.717, 1.165) is 0 Å². The normalized spacial score (nSPS) is 18.0. The molecule has 2 aromatic carbocycles. The molecule has 7 heteroatoms. The van der Waals surface area contributed by atoms with E-state index in [1.165, 1.54) is 4.90 Å². The fraction of sp³-hybridized carbons (Fsp3) is 0.320. The van der Waals surface area contributed by atoms with Crippen LogP contribution < -0.4 is 19.9 Å². The number of hydrogen-bond donors (Lipinski definition) is 1. The van der Waals surface area contributed by atoms with Gasteiger partial charge in [0.05, 0.1) is 18.5 Å². The lowest BCUT2D eigenvalue weighted by Crippen LogP contribution is -2.51. The van der Waals surface area contributed by atoms with Crippen LogP contribution in [0, 0.1) is 5.41 Å². The minimum absolute atomic E-state index is 0.146. The van der Waals surface area contributed by atoms with Crippen LogP contribution in [-0.4, -0.2) is 37.4 Å². The maximum Gasteiger partial charge on any atom is 0.247 e. The zero-order chi connectivity index (χ0) is 23.5. The van der Waals surface area contributed by atoms with E-state index in [9.17, 15) is 14.4 Å². The summed E-state index contributed by atoms with van der Waals surface area (Å²) in [5, 5.41) is 2.84. The van der Waals surface area contributed by atoms with E-state index in [-0.39, 0.29) is 24.9 Å². The SMILES string of the molecule is C=CCC1(C)C(=O)Nc2ccccc2N(CC(=O)N(c2ccc(OC)cc2)C(C)C)C1=O. The molecule has 3 rings (SSSR count). The molecule has 0 saturated carbocycles. The lowest BCUT2D eigenvalue weighted by molar-refractivity contribution is -0.138. The van der Waals surface area contributed by atoms with Gasteiger partial charge in [-0.2, -0.15) is 0 Å². The lowest BCUT2D eigenvalue weighted by Gasteiger charge is -2.33. The number of hydrogen-bond acceptors (Lipinski definition) is 4. The van der Waals surface area contributed by atoms with E-state index < -0.39 is 17.2 Å². The van der Waals surface area contributed by atoms with Crippen molar-refractivity contribution in [2.45, 2.75) is 33.2 Å². The maximum absolute atomic E-state index is 13.6. The number of carbonyl (C=O) groups is 3. The second kappa shape index (κ2) is 9.26. The van der Waals surface area contributed by atoms with Crippen molar-refractivity contribution in [3.05, 3.63) is 61.2 Å². The molecule has 1 aliphatic heterocycles. The summed E-state index contributed by atoms with van der Waals surface area (Å²) < 4.78 is 5.21. The zero-order valence-corrected chi connectivity index (χ0v) is 18.9. The minimum Gasteiger partial charge on any atom is -0.497 e. The fourth-order valence-electron chi connectivity index (χ4n) is 3.89. The van der Waals surface area contributed by atoms with Gasteiger partial charge in [0, 0.05) is 11.7 Å². The predicted molar refractivity (Wildman–Crippen MR) is 126 cm³/mol. The standard InChI is InChI=1S/C25H29N3O4/c1-6-15-25(4)23(30)26-20-9-7-8-10-21(20)27(24(25)31)16-22(29)28(17(2)3)18-11-13-19(32-5)14-12-18/h6-14,17H,1,15-16H2,2-5H3,(H,26,30). The molecule has 0 aliphatic carbocycles. The highest BCUT2D eigenvalue weighted by atomic mass is 16.5. The monoisotopic (exact) mass is 435 g/mol. The Balaban J connectivity index is 2.01. The van der Waals surface area contributed by atoms with Gasteiger partial charge in [-0.3, -0.25) is 19.3 Å². The predicted octanol–water partition coefficient (Wildman–Crippen LogP) is 4.00.